The molecule has 4 heteroatoms. The minimum Gasteiger partial charge on any atom is -0.312 e. The summed E-state index contributed by atoms with van der Waals surface area (Å²) < 4.78 is 2.04. The number of nitrogens with zero attached hydrogens (tertiary/aromatic N) is 2. The molecule has 1 heterocycles. The van der Waals surface area contributed by atoms with E-state index >= 15 is 0 Å². The van der Waals surface area contributed by atoms with Gasteiger partial charge in [-0.05, 0) is 19.9 Å². The molecule has 0 amide bonds. The van der Waals surface area contributed by atoms with Crippen LogP contribution in [-0.4, -0.2) is 27.8 Å². The Labute approximate surface area is 109 Å². The fourth-order valence-electron chi connectivity index (χ4n) is 1.64. The van der Waals surface area contributed by atoms with Crippen molar-refractivity contribution in [1.82, 2.24) is 15.1 Å². The van der Waals surface area contributed by atoms with Crippen molar-refractivity contribution in [2.45, 2.75) is 51.4 Å². The predicted molar refractivity (Wildman–Crippen MR) is 76.5 cm³/mol. The summed E-state index contributed by atoms with van der Waals surface area (Å²) in [6.07, 6.45) is 6.53. The minimum absolute atomic E-state index is 0.416. The monoisotopic (exact) mass is 255 g/mol. The Bertz CT molecular complexity index is 311. The summed E-state index contributed by atoms with van der Waals surface area (Å²) >= 11 is 2.03. The second-order valence-electron chi connectivity index (χ2n) is 4.43. The highest BCUT2D eigenvalue weighted by atomic mass is 32.2. The van der Waals surface area contributed by atoms with Gasteiger partial charge in [0.25, 0.3) is 0 Å². The van der Waals surface area contributed by atoms with Gasteiger partial charge < -0.3 is 5.32 Å². The van der Waals surface area contributed by atoms with Gasteiger partial charge in [0.1, 0.15) is 0 Å². The third kappa shape index (κ3) is 4.72. The van der Waals surface area contributed by atoms with Crippen LogP contribution in [0.1, 0.15) is 45.2 Å². The Morgan fingerprint density at radius 3 is 2.82 bits per heavy atom. The molecule has 1 aromatic heterocycles. The molecule has 0 aliphatic rings. The van der Waals surface area contributed by atoms with Gasteiger partial charge in [-0.25, -0.2) is 0 Å². The van der Waals surface area contributed by atoms with E-state index in [9.17, 15) is 0 Å². The van der Waals surface area contributed by atoms with Crippen LogP contribution in [0.3, 0.4) is 0 Å². The van der Waals surface area contributed by atoms with Crippen LogP contribution >= 0.6 is 11.8 Å². The molecule has 0 saturated heterocycles. The molecule has 1 aromatic rings. The maximum Gasteiger partial charge on any atom is 0.0537 e. The first-order chi connectivity index (χ1) is 8.21. The highest BCUT2D eigenvalue weighted by molar-refractivity contribution is 7.99. The van der Waals surface area contributed by atoms with Gasteiger partial charge in [-0.15, -0.1) is 0 Å². The van der Waals surface area contributed by atoms with Crippen molar-refractivity contribution < 1.29 is 0 Å². The highest BCUT2D eigenvalue weighted by Crippen LogP contribution is 2.22. The number of hydrogen-bond acceptors (Lipinski definition) is 3. The number of hydrogen-bond donors (Lipinski definition) is 1. The van der Waals surface area contributed by atoms with Crippen LogP contribution in [0, 0.1) is 0 Å². The van der Waals surface area contributed by atoms with Gasteiger partial charge >= 0.3 is 0 Å². The topological polar surface area (TPSA) is 29.9 Å². The lowest BCUT2D eigenvalue weighted by Gasteiger charge is -2.16. The molecule has 17 heavy (non-hydrogen) atoms. The Kier molecular flexibility index (Phi) is 6.66. The van der Waals surface area contributed by atoms with E-state index in [1.54, 1.807) is 0 Å². The van der Waals surface area contributed by atoms with Crippen molar-refractivity contribution in [3.63, 3.8) is 0 Å². The molecule has 0 bridgehead atoms. The summed E-state index contributed by atoms with van der Waals surface area (Å²) in [5.74, 6) is 1.11. The van der Waals surface area contributed by atoms with E-state index in [2.05, 4.69) is 37.4 Å². The van der Waals surface area contributed by atoms with Gasteiger partial charge in [-0.2, -0.15) is 16.9 Å². The lowest BCUT2D eigenvalue weighted by atomic mass is 10.2. The second kappa shape index (κ2) is 7.77. The molecule has 1 N–H and O–H groups in total. The Hall–Kier alpha value is -0.480. The van der Waals surface area contributed by atoms with Crippen molar-refractivity contribution in [3.05, 3.63) is 18.0 Å². The Morgan fingerprint density at radius 2 is 2.24 bits per heavy atom. The van der Waals surface area contributed by atoms with Crippen molar-refractivity contribution in [1.29, 1.82) is 0 Å². The molecule has 2 unspecified atom stereocenters. The van der Waals surface area contributed by atoms with Gasteiger partial charge in [0.15, 0.2) is 0 Å². The third-order valence-electron chi connectivity index (χ3n) is 2.98. The summed E-state index contributed by atoms with van der Waals surface area (Å²) in [6.45, 7) is 7.72. The van der Waals surface area contributed by atoms with E-state index in [0.717, 1.165) is 24.0 Å². The number of aromatic nitrogens is 2. The SMILES string of the molecule is CCCn1cc(C(CSC(C)CC)NC)cn1. The minimum atomic E-state index is 0.416. The van der Waals surface area contributed by atoms with Crippen molar-refractivity contribution in [2.75, 3.05) is 12.8 Å². The zero-order valence-electron chi connectivity index (χ0n) is 11.4. The molecule has 2 atom stereocenters. The predicted octanol–water partition coefficient (Wildman–Crippen LogP) is 3.09. The van der Waals surface area contributed by atoms with Crippen LogP contribution in [0.15, 0.2) is 12.4 Å². The summed E-state index contributed by atoms with van der Waals surface area (Å²) in [6, 6.07) is 0.416. The molecule has 0 aromatic carbocycles. The van der Waals surface area contributed by atoms with Crippen LogP contribution in [0.25, 0.3) is 0 Å². The number of rotatable bonds is 8. The molecular formula is C13H25N3S. The van der Waals surface area contributed by atoms with Crippen LogP contribution in [-0.2, 0) is 6.54 Å². The van der Waals surface area contributed by atoms with Crippen LogP contribution in [0.5, 0.6) is 0 Å². The lowest BCUT2D eigenvalue weighted by molar-refractivity contribution is 0.599. The van der Waals surface area contributed by atoms with Gasteiger partial charge in [-0.3, -0.25) is 4.68 Å². The van der Waals surface area contributed by atoms with Crippen LogP contribution in [0.4, 0.5) is 0 Å². The van der Waals surface area contributed by atoms with Gasteiger partial charge in [0.2, 0.25) is 0 Å². The maximum absolute atomic E-state index is 4.39. The molecule has 0 radical (unpaired) electrons. The molecular weight excluding hydrogens is 230 g/mol. The standard InChI is InChI=1S/C13H25N3S/c1-5-7-16-9-12(8-15-16)13(14-4)10-17-11(3)6-2/h8-9,11,13-14H,5-7,10H2,1-4H3. The quantitative estimate of drug-likeness (QED) is 0.774. The van der Waals surface area contributed by atoms with Gasteiger partial charge in [0.05, 0.1) is 6.20 Å². The second-order valence-corrected chi connectivity index (χ2v) is 5.90. The van der Waals surface area contributed by atoms with E-state index in [-0.39, 0.29) is 0 Å². The molecule has 1 rings (SSSR count). The first-order valence-electron chi connectivity index (χ1n) is 6.52. The van der Waals surface area contributed by atoms with E-state index in [0.29, 0.717) is 6.04 Å². The maximum atomic E-state index is 4.39. The zero-order valence-corrected chi connectivity index (χ0v) is 12.3. The first-order valence-corrected chi connectivity index (χ1v) is 7.57. The summed E-state index contributed by atoms with van der Waals surface area (Å²) in [4.78, 5) is 0. The van der Waals surface area contributed by atoms with Crippen LogP contribution in [0.2, 0.25) is 0 Å². The summed E-state index contributed by atoms with van der Waals surface area (Å²) in [7, 11) is 2.03. The molecule has 98 valence electrons. The summed E-state index contributed by atoms with van der Waals surface area (Å²) in [5, 5.41) is 8.50. The zero-order chi connectivity index (χ0) is 12.7. The average Bonchev–Trinajstić information content (AvgIpc) is 2.78. The number of aryl methyl sites for hydroxylation is 1. The molecule has 3 nitrogen and oxygen atoms in total. The fraction of sp³-hybridized carbons (Fsp3) is 0.769. The smallest absolute Gasteiger partial charge is 0.0537 e. The Balaban J connectivity index is 2.53. The summed E-state index contributed by atoms with van der Waals surface area (Å²) in [5.41, 5.74) is 1.30. The van der Waals surface area contributed by atoms with E-state index < -0.39 is 0 Å². The fourth-order valence-corrected chi connectivity index (χ4v) is 2.75. The van der Waals surface area contributed by atoms with E-state index in [1.165, 1.54) is 12.0 Å². The lowest BCUT2D eigenvalue weighted by Crippen LogP contribution is -2.19. The number of nitrogens with one attached hydrogen (secondary N) is 1. The van der Waals surface area contributed by atoms with E-state index in [1.807, 2.05) is 29.7 Å². The average molecular weight is 255 g/mol. The van der Waals surface area contributed by atoms with Gasteiger partial charge in [-0.1, -0.05) is 20.8 Å². The molecule has 0 spiro atoms. The third-order valence-corrected chi connectivity index (χ3v) is 4.41. The van der Waals surface area contributed by atoms with Crippen molar-refractivity contribution >= 4 is 11.8 Å². The van der Waals surface area contributed by atoms with Crippen molar-refractivity contribution in [2.24, 2.45) is 0 Å². The first kappa shape index (κ1) is 14.6. The molecule has 0 aliphatic carbocycles. The molecule has 0 fully saturated rings. The normalized spacial score (nSPS) is 14.8. The Morgan fingerprint density at radius 1 is 1.47 bits per heavy atom. The van der Waals surface area contributed by atoms with Crippen LogP contribution < -0.4 is 5.32 Å². The molecule has 0 aliphatic heterocycles. The van der Waals surface area contributed by atoms with Crippen molar-refractivity contribution in [3.8, 4) is 0 Å². The number of thioether (sulfide) groups is 1. The van der Waals surface area contributed by atoms with Gasteiger partial charge in [0, 0.05) is 35.3 Å². The van der Waals surface area contributed by atoms with E-state index in [4.69, 9.17) is 0 Å². The largest absolute Gasteiger partial charge is 0.312 e. The highest BCUT2D eigenvalue weighted by Gasteiger charge is 2.12. The molecule has 0 saturated carbocycles.